The van der Waals surface area contributed by atoms with Crippen LogP contribution in [0.4, 0.5) is 5.69 Å². The van der Waals surface area contributed by atoms with Gasteiger partial charge in [-0.25, -0.2) is 0 Å². The van der Waals surface area contributed by atoms with E-state index in [1.165, 1.54) is 5.56 Å². The molecule has 2 heteroatoms. The van der Waals surface area contributed by atoms with Crippen LogP contribution in [-0.2, 0) is 0 Å². The fourth-order valence-electron chi connectivity index (χ4n) is 1.70. The number of benzene rings is 1. The fourth-order valence-corrected chi connectivity index (χ4v) is 1.70. The van der Waals surface area contributed by atoms with Gasteiger partial charge in [0.25, 0.3) is 0 Å². The van der Waals surface area contributed by atoms with Crippen molar-refractivity contribution in [3.8, 4) is 0 Å². The van der Waals surface area contributed by atoms with E-state index >= 15 is 0 Å². The highest BCUT2D eigenvalue weighted by Crippen LogP contribution is 2.34. The van der Waals surface area contributed by atoms with Gasteiger partial charge in [-0.2, -0.15) is 0 Å². The van der Waals surface area contributed by atoms with E-state index in [0.717, 1.165) is 10.2 Å². The highest BCUT2D eigenvalue weighted by atomic mass is 15.3. The summed E-state index contributed by atoms with van der Waals surface area (Å²) in [5.74, 6) is 0. The van der Waals surface area contributed by atoms with Crippen LogP contribution in [0, 0.1) is 0 Å². The smallest absolute Gasteiger partial charge is 0.152 e. The Bertz CT molecular complexity index is 347. The summed E-state index contributed by atoms with van der Waals surface area (Å²) in [6, 6.07) is 8.76. The van der Waals surface area contributed by atoms with Crippen LogP contribution in [0.1, 0.15) is 11.6 Å². The lowest BCUT2D eigenvalue weighted by molar-refractivity contribution is -0.889. The first-order valence-corrected chi connectivity index (χ1v) is 4.53. The summed E-state index contributed by atoms with van der Waals surface area (Å²) in [4.78, 5) is 4.41. The van der Waals surface area contributed by atoms with E-state index in [0.29, 0.717) is 6.04 Å². The standard InChI is InChI=1S/C11H15N2/c1-13(2,3)11-8-12-10-7-5-4-6-9(10)11/h4-8,11H,1-3H3/q+1. The van der Waals surface area contributed by atoms with Crippen LogP contribution in [0.5, 0.6) is 0 Å². The van der Waals surface area contributed by atoms with Crippen molar-refractivity contribution in [3.05, 3.63) is 29.8 Å². The fraction of sp³-hybridized carbons (Fsp3) is 0.364. The Hall–Kier alpha value is -1.15. The summed E-state index contributed by atoms with van der Waals surface area (Å²) >= 11 is 0. The monoisotopic (exact) mass is 175 g/mol. The second kappa shape index (κ2) is 2.67. The molecule has 0 saturated heterocycles. The highest BCUT2D eigenvalue weighted by Gasteiger charge is 2.29. The number of hydrogen-bond acceptors (Lipinski definition) is 1. The topological polar surface area (TPSA) is 12.4 Å². The number of para-hydroxylation sites is 1. The number of quaternary nitrogens is 1. The van der Waals surface area contributed by atoms with E-state index in [1.807, 2.05) is 12.3 Å². The van der Waals surface area contributed by atoms with E-state index < -0.39 is 0 Å². The minimum Gasteiger partial charge on any atom is -0.320 e. The maximum Gasteiger partial charge on any atom is 0.152 e. The molecule has 1 aromatic rings. The normalized spacial score (nSPS) is 20.4. The van der Waals surface area contributed by atoms with Crippen LogP contribution >= 0.6 is 0 Å². The zero-order valence-electron chi connectivity index (χ0n) is 8.36. The zero-order chi connectivity index (χ0) is 9.47. The van der Waals surface area contributed by atoms with Crippen LogP contribution in [0.3, 0.4) is 0 Å². The maximum atomic E-state index is 4.41. The molecule has 1 heterocycles. The molecule has 0 radical (unpaired) electrons. The first-order chi connectivity index (χ1) is 6.09. The molecule has 0 aromatic heterocycles. The molecule has 0 spiro atoms. The minimum absolute atomic E-state index is 0.413. The minimum atomic E-state index is 0.413. The van der Waals surface area contributed by atoms with Crippen molar-refractivity contribution in [3.63, 3.8) is 0 Å². The second-order valence-electron chi connectivity index (χ2n) is 4.40. The molecular weight excluding hydrogens is 160 g/mol. The Kier molecular flexibility index (Phi) is 1.74. The van der Waals surface area contributed by atoms with Gasteiger partial charge in [0.05, 0.1) is 33.0 Å². The first-order valence-electron chi connectivity index (χ1n) is 4.53. The van der Waals surface area contributed by atoms with Crippen LogP contribution in [-0.4, -0.2) is 31.8 Å². The lowest BCUT2D eigenvalue weighted by atomic mass is 10.1. The summed E-state index contributed by atoms with van der Waals surface area (Å²) in [7, 11) is 6.58. The Balaban J connectivity index is 2.45. The molecule has 2 rings (SSSR count). The van der Waals surface area contributed by atoms with Gasteiger partial charge in [0, 0.05) is 5.56 Å². The van der Waals surface area contributed by atoms with Crippen molar-refractivity contribution in [1.29, 1.82) is 0 Å². The summed E-state index contributed by atoms with van der Waals surface area (Å²) in [6.45, 7) is 0. The van der Waals surface area contributed by atoms with Crippen molar-refractivity contribution in [2.45, 2.75) is 6.04 Å². The van der Waals surface area contributed by atoms with Gasteiger partial charge in [-0.3, -0.25) is 4.99 Å². The van der Waals surface area contributed by atoms with Crippen molar-refractivity contribution >= 4 is 11.9 Å². The van der Waals surface area contributed by atoms with Gasteiger partial charge in [-0.15, -0.1) is 0 Å². The molecule has 0 fully saturated rings. The molecule has 1 atom stereocenters. The molecular formula is C11H15N2+. The maximum absolute atomic E-state index is 4.41. The van der Waals surface area contributed by atoms with Gasteiger partial charge in [0.2, 0.25) is 0 Å². The average Bonchev–Trinajstić information content (AvgIpc) is 2.45. The van der Waals surface area contributed by atoms with Crippen molar-refractivity contribution in [2.75, 3.05) is 21.1 Å². The Morgan fingerprint density at radius 1 is 1.15 bits per heavy atom. The number of aliphatic imine (C=N–C) groups is 1. The highest BCUT2D eigenvalue weighted by molar-refractivity contribution is 5.78. The van der Waals surface area contributed by atoms with Crippen LogP contribution in [0.25, 0.3) is 0 Å². The lowest BCUT2D eigenvalue weighted by Crippen LogP contribution is -2.38. The summed E-state index contributed by atoms with van der Waals surface area (Å²) in [5.41, 5.74) is 2.47. The number of hydrogen-bond donors (Lipinski definition) is 0. The average molecular weight is 175 g/mol. The predicted molar refractivity (Wildman–Crippen MR) is 55.4 cm³/mol. The summed E-state index contributed by atoms with van der Waals surface area (Å²) in [6.07, 6.45) is 2.05. The van der Waals surface area contributed by atoms with Crippen molar-refractivity contribution in [1.82, 2.24) is 0 Å². The van der Waals surface area contributed by atoms with Gasteiger partial charge < -0.3 is 4.48 Å². The lowest BCUT2D eigenvalue weighted by Gasteiger charge is -2.30. The quantitative estimate of drug-likeness (QED) is 0.580. The van der Waals surface area contributed by atoms with Crippen molar-refractivity contribution < 1.29 is 4.48 Å². The van der Waals surface area contributed by atoms with Gasteiger partial charge in [-0.1, -0.05) is 18.2 Å². The molecule has 0 N–H and O–H groups in total. The number of fused-ring (bicyclic) bond motifs is 1. The van der Waals surface area contributed by atoms with Gasteiger partial charge in [0.15, 0.2) is 6.04 Å². The molecule has 13 heavy (non-hydrogen) atoms. The molecule has 1 aromatic carbocycles. The molecule has 2 nitrogen and oxygen atoms in total. The summed E-state index contributed by atoms with van der Waals surface area (Å²) < 4.78 is 0.903. The Labute approximate surface area is 79.1 Å². The van der Waals surface area contributed by atoms with Crippen molar-refractivity contribution in [2.24, 2.45) is 4.99 Å². The van der Waals surface area contributed by atoms with E-state index in [-0.39, 0.29) is 0 Å². The predicted octanol–water partition coefficient (Wildman–Crippen LogP) is 2.15. The van der Waals surface area contributed by atoms with E-state index in [2.05, 4.69) is 44.3 Å². The van der Waals surface area contributed by atoms with Gasteiger partial charge >= 0.3 is 0 Å². The summed E-state index contributed by atoms with van der Waals surface area (Å²) in [5, 5.41) is 0. The zero-order valence-corrected chi connectivity index (χ0v) is 8.36. The second-order valence-corrected chi connectivity index (χ2v) is 4.40. The Morgan fingerprint density at radius 2 is 1.85 bits per heavy atom. The van der Waals surface area contributed by atoms with E-state index in [1.54, 1.807) is 0 Å². The molecule has 0 saturated carbocycles. The molecule has 1 unspecified atom stereocenters. The van der Waals surface area contributed by atoms with E-state index in [4.69, 9.17) is 0 Å². The third kappa shape index (κ3) is 1.38. The van der Waals surface area contributed by atoms with Crippen LogP contribution in [0.15, 0.2) is 29.3 Å². The first kappa shape index (κ1) is 8.45. The molecule has 0 bridgehead atoms. The Morgan fingerprint density at radius 3 is 2.54 bits per heavy atom. The SMILES string of the molecule is C[N+](C)(C)C1C=Nc2ccccc21. The third-order valence-electron chi connectivity index (χ3n) is 2.44. The largest absolute Gasteiger partial charge is 0.320 e. The molecule has 1 aliphatic heterocycles. The van der Waals surface area contributed by atoms with E-state index in [9.17, 15) is 0 Å². The number of rotatable bonds is 1. The number of nitrogens with zero attached hydrogens (tertiary/aromatic N) is 2. The van der Waals surface area contributed by atoms with Crippen LogP contribution < -0.4 is 0 Å². The third-order valence-corrected chi connectivity index (χ3v) is 2.44. The molecule has 1 aliphatic rings. The van der Waals surface area contributed by atoms with Gasteiger partial charge in [0.1, 0.15) is 0 Å². The molecule has 0 aliphatic carbocycles. The molecule has 68 valence electrons. The van der Waals surface area contributed by atoms with Gasteiger partial charge in [-0.05, 0) is 6.07 Å². The van der Waals surface area contributed by atoms with Crippen LogP contribution in [0.2, 0.25) is 0 Å². The molecule has 0 amide bonds.